The minimum atomic E-state index is 0.158. The van der Waals surface area contributed by atoms with Crippen molar-refractivity contribution < 1.29 is 4.79 Å². The highest BCUT2D eigenvalue weighted by molar-refractivity contribution is 7.99. The Hall–Kier alpha value is -0.520. The molecule has 0 bridgehead atoms. The molecule has 1 unspecified atom stereocenters. The summed E-state index contributed by atoms with van der Waals surface area (Å²) in [5, 5.41) is 8.51. The lowest BCUT2D eigenvalue weighted by Crippen LogP contribution is -2.41. The maximum atomic E-state index is 11.9. The summed E-state index contributed by atoms with van der Waals surface area (Å²) >= 11 is 3.65. The van der Waals surface area contributed by atoms with Crippen molar-refractivity contribution in [1.29, 1.82) is 0 Å². The second-order valence-corrected chi connectivity index (χ2v) is 6.58. The van der Waals surface area contributed by atoms with Gasteiger partial charge in [-0.05, 0) is 23.4 Å². The first kappa shape index (κ1) is 13.9. The van der Waals surface area contributed by atoms with E-state index in [9.17, 15) is 4.79 Å². The summed E-state index contributed by atoms with van der Waals surface area (Å²) in [6.45, 7) is 3.85. The second kappa shape index (κ2) is 7.16. The second-order valence-electron chi connectivity index (χ2n) is 4.43. The van der Waals surface area contributed by atoms with Crippen molar-refractivity contribution in [3.8, 4) is 0 Å². The summed E-state index contributed by atoms with van der Waals surface area (Å²) in [5.41, 5.74) is 1.35. The summed E-state index contributed by atoms with van der Waals surface area (Å²) in [6.07, 6.45) is 1.63. The molecular weight excluding hydrogens is 264 g/mol. The van der Waals surface area contributed by atoms with Crippen molar-refractivity contribution >= 4 is 29.0 Å². The van der Waals surface area contributed by atoms with E-state index < -0.39 is 0 Å². The van der Waals surface area contributed by atoms with E-state index >= 15 is 0 Å². The number of aryl methyl sites for hydroxylation is 1. The first-order valence-electron chi connectivity index (χ1n) is 6.42. The molecule has 2 heterocycles. The van der Waals surface area contributed by atoms with Crippen LogP contribution in [0.25, 0.3) is 0 Å². The maximum absolute atomic E-state index is 11.9. The quantitative estimate of drug-likeness (QED) is 0.869. The van der Waals surface area contributed by atoms with Crippen LogP contribution < -0.4 is 10.6 Å². The highest BCUT2D eigenvalue weighted by Gasteiger charge is 2.16. The summed E-state index contributed by atoms with van der Waals surface area (Å²) in [6, 6.07) is 2.49. The number of nitrogens with one attached hydrogen (secondary N) is 2. The van der Waals surface area contributed by atoms with Crippen LogP contribution in [-0.2, 0) is 17.8 Å². The van der Waals surface area contributed by atoms with Gasteiger partial charge >= 0.3 is 0 Å². The monoisotopic (exact) mass is 284 g/mol. The minimum absolute atomic E-state index is 0.158. The molecule has 1 saturated heterocycles. The largest absolute Gasteiger partial charge is 0.351 e. The number of rotatable bonds is 5. The van der Waals surface area contributed by atoms with Crippen LogP contribution in [0.3, 0.4) is 0 Å². The van der Waals surface area contributed by atoms with E-state index in [0.29, 0.717) is 19.0 Å². The highest BCUT2D eigenvalue weighted by atomic mass is 32.2. The van der Waals surface area contributed by atoms with Gasteiger partial charge in [0.1, 0.15) is 0 Å². The Balaban J connectivity index is 1.74. The van der Waals surface area contributed by atoms with E-state index in [2.05, 4.69) is 29.0 Å². The predicted molar refractivity (Wildman–Crippen MR) is 79.3 cm³/mol. The molecule has 1 aromatic heterocycles. The van der Waals surface area contributed by atoms with E-state index in [0.717, 1.165) is 24.5 Å². The first-order chi connectivity index (χ1) is 8.79. The van der Waals surface area contributed by atoms with Gasteiger partial charge in [-0.25, -0.2) is 0 Å². The molecule has 0 saturated carbocycles. The molecule has 0 radical (unpaired) electrons. The first-order valence-corrected chi connectivity index (χ1v) is 8.46. The molecule has 0 aliphatic carbocycles. The topological polar surface area (TPSA) is 41.1 Å². The van der Waals surface area contributed by atoms with Crippen LogP contribution >= 0.6 is 23.1 Å². The zero-order valence-electron chi connectivity index (χ0n) is 10.7. The molecule has 1 aliphatic rings. The molecule has 0 spiro atoms. The molecule has 0 aromatic carbocycles. The van der Waals surface area contributed by atoms with Crippen LogP contribution in [0.1, 0.15) is 23.8 Å². The summed E-state index contributed by atoms with van der Waals surface area (Å²) in [4.78, 5) is 13.1. The number of carbonyl (C=O) groups excluding carboxylic acids is 1. The van der Waals surface area contributed by atoms with Crippen molar-refractivity contribution in [1.82, 2.24) is 10.6 Å². The van der Waals surface area contributed by atoms with Crippen molar-refractivity contribution in [2.45, 2.75) is 32.4 Å². The highest BCUT2D eigenvalue weighted by Crippen LogP contribution is 2.17. The Morgan fingerprint density at radius 1 is 1.61 bits per heavy atom. The third-order valence-corrected chi connectivity index (χ3v) is 5.19. The van der Waals surface area contributed by atoms with Gasteiger partial charge in [0.2, 0.25) is 5.91 Å². The van der Waals surface area contributed by atoms with Crippen molar-refractivity contribution in [2.75, 3.05) is 18.1 Å². The van der Waals surface area contributed by atoms with Gasteiger partial charge < -0.3 is 10.6 Å². The number of amides is 1. The number of carbonyl (C=O) groups is 1. The van der Waals surface area contributed by atoms with E-state index in [4.69, 9.17) is 0 Å². The number of thiophene rings is 1. The minimum Gasteiger partial charge on any atom is -0.351 e. The molecule has 5 heteroatoms. The average molecular weight is 284 g/mol. The smallest absolute Gasteiger partial charge is 0.221 e. The summed E-state index contributed by atoms with van der Waals surface area (Å²) < 4.78 is 0. The lowest BCUT2D eigenvalue weighted by atomic mass is 10.2. The van der Waals surface area contributed by atoms with E-state index in [1.54, 1.807) is 11.3 Å². The van der Waals surface area contributed by atoms with Gasteiger partial charge in [-0.1, -0.05) is 6.92 Å². The van der Waals surface area contributed by atoms with Gasteiger partial charge in [0.05, 0.1) is 6.54 Å². The molecule has 18 heavy (non-hydrogen) atoms. The SMILES string of the molecule is CCc1ccsc1CNC(=O)CC1CSCCN1. The Morgan fingerprint density at radius 2 is 2.50 bits per heavy atom. The zero-order chi connectivity index (χ0) is 12.8. The lowest BCUT2D eigenvalue weighted by Gasteiger charge is -2.22. The molecule has 1 aromatic rings. The van der Waals surface area contributed by atoms with Crippen LogP contribution in [-0.4, -0.2) is 30.0 Å². The van der Waals surface area contributed by atoms with Gasteiger partial charge in [0.15, 0.2) is 0 Å². The maximum Gasteiger partial charge on any atom is 0.221 e. The van der Waals surface area contributed by atoms with Crippen LogP contribution in [0.4, 0.5) is 0 Å². The number of hydrogen-bond acceptors (Lipinski definition) is 4. The van der Waals surface area contributed by atoms with Gasteiger partial charge in [-0.3, -0.25) is 4.79 Å². The molecule has 1 amide bonds. The Morgan fingerprint density at radius 3 is 3.22 bits per heavy atom. The molecule has 1 atom stereocenters. The van der Waals surface area contributed by atoms with Crippen LogP contribution in [0.5, 0.6) is 0 Å². The summed E-state index contributed by atoms with van der Waals surface area (Å²) in [5.74, 6) is 2.37. The predicted octanol–water partition coefficient (Wildman–Crippen LogP) is 2.02. The fourth-order valence-corrected chi connectivity index (χ4v) is 3.93. The van der Waals surface area contributed by atoms with Crippen LogP contribution in [0.15, 0.2) is 11.4 Å². The van der Waals surface area contributed by atoms with E-state index in [1.165, 1.54) is 10.4 Å². The molecule has 100 valence electrons. The van der Waals surface area contributed by atoms with Gasteiger partial charge in [0, 0.05) is 35.4 Å². The average Bonchev–Trinajstić information content (AvgIpc) is 2.85. The van der Waals surface area contributed by atoms with Gasteiger partial charge in [-0.15, -0.1) is 11.3 Å². The standard InChI is InChI=1S/C13H20N2OS2/c1-2-10-3-5-18-12(10)8-15-13(16)7-11-9-17-6-4-14-11/h3,5,11,14H,2,4,6-9H2,1H3,(H,15,16). The molecule has 2 rings (SSSR count). The van der Waals surface area contributed by atoms with Gasteiger partial charge in [-0.2, -0.15) is 11.8 Å². The van der Waals surface area contributed by atoms with Crippen molar-refractivity contribution in [3.05, 3.63) is 21.9 Å². The third kappa shape index (κ3) is 4.00. The Labute approximate surface area is 117 Å². The fourth-order valence-electron chi connectivity index (χ4n) is 2.06. The molecule has 2 N–H and O–H groups in total. The molecule has 1 fully saturated rings. The van der Waals surface area contributed by atoms with Crippen LogP contribution in [0, 0.1) is 0 Å². The van der Waals surface area contributed by atoms with Crippen molar-refractivity contribution in [3.63, 3.8) is 0 Å². The Kier molecular flexibility index (Phi) is 5.53. The number of thioether (sulfide) groups is 1. The molecule has 1 aliphatic heterocycles. The molecular formula is C13H20N2OS2. The normalized spacial score (nSPS) is 19.7. The summed E-state index contributed by atoms with van der Waals surface area (Å²) in [7, 11) is 0. The fraction of sp³-hybridized carbons (Fsp3) is 0.615. The van der Waals surface area contributed by atoms with E-state index in [1.807, 2.05) is 11.8 Å². The van der Waals surface area contributed by atoms with Crippen LogP contribution in [0.2, 0.25) is 0 Å². The molecule has 3 nitrogen and oxygen atoms in total. The van der Waals surface area contributed by atoms with Crippen molar-refractivity contribution in [2.24, 2.45) is 0 Å². The lowest BCUT2D eigenvalue weighted by molar-refractivity contribution is -0.121. The van der Waals surface area contributed by atoms with Gasteiger partial charge in [0.25, 0.3) is 0 Å². The third-order valence-electron chi connectivity index (χ3n) is 3.09. The zero-order valence-corrected chi connectivity index (χ0v) is 12.3. The van der Waals surface area contributed by atoms with E-state index in [-0.39, 0.29) is 5.91 Å². The number of hydrogen-bond donors (Lipinski definition) is 2. The Bertz CT molecular complexity index is 386.